The highest BCUT2D eigenvalue weighted by Crippen LogP contribution is 2.29. The van der Waals surface area contributed by atoms with Crippen molar-refractivity contribution in [3.05, 3.63) is 23.2 Å². The van der Waals surface area contributed by atoms with Gasteiger partial charge in [0.2, 0.25) is 5.76 Å². The third-order valence-corrected chi connectivity index (χ3v) is 2.27. The molecule has 0 aliphatic carbocycles. The first kappa shape index (κ1) is 10.7. The smallest absolute Gasteiger partial charge is 0.374 e. The summed E-state index contributed by atoms with van der Waals surface area (Å²) in [6, 6.07) is 1.39. The monoisotopic (exact) mass is 241 g/mol. The molecule has 0 fully saturated rings. The minimum absolute atomic E-state index is 0.0329. The summed E-state index contributed by atoms with van der Waals surface area (Å²) in [6.45, 7) is 0. The lowest BCUT2D eigenvalue weighted by Gasteiger charge is -1.96. The van der Waals surface area contributed by atoms with E-state index in [1.807, 2.05) is 0 Å². The molecule has 2 aromatic rings. The van der Waals surface area contributed by atoms with E-state index in [2.05, 4.69) is 14.8 Å². The Morgan fingerprint density at radius 3 is 2.94 bits per heavy atom. The number of aromatic nitrogens is 3. The van der Waals surface area contributed by atoms with E-state index in [0.717, 1.165) is 0 Å². The predicted molar refractivity (Wildman–Crippen MR) is 55.1 cm³/mol. The van der Waals surface area contributed by atoms with Crippen LogP contribution >= 0.6 is 11.6 Å². The average molecular weight is 242 g/mol. The molecule has 7 heteroatoms. The fraction of sp³-hybridized carbons (Fsp3) is 0.222. The molecule has 0 N–H and O–H groups in total. The van der Waals surface area contributed by atoms with Gasteiger partial charge in [0.1, 0.15) is 6.33 Å². The quantitative estimate of drug-likeness (QED) is 0.746. The molecule has 0 unspecified atom stereocenters. The molecule has 0 aliphatic heterocycles. The number of esters is 1. The molecule has 2 heterocycles. The number of carbonyl (C=O) groups is 1. The first-order valence-electron chi connectivity index (χ1n) is 4.35. The number of rotatable bonds is 2. The lowest BCUT2D eigenvalue weighted by atomic mass is 10.4. The van der Waals surface area contributed by atoms with Crippen LogP contribution in [0.2, 0.25) is 5.02 Å². The van der Waals surface area contributed by atoms with Crippen LogP contribution in [0.4, 0.5) is 0 Å². The summed E-state index contributed by atoms with van der Waals surface area (Å²) >= 11 is 5.93. The molecule has 0 saturated carbocycles. The minimum atomic E-state index is -0.588. The Balaban J connectivity index is 2.47. The Kier molecular flexibility index (Phi) is 2.66. The predicted octanol–water partition coefficient (Wildman–Crippen LogP) is 1.52. The molecule has 0 aromatic carbocycles. The number of hydrogen-bond acceptors (Lipinski definition) is 5. The molecule has 6 nitrogen and oxygen atoms in total. The fourth-order valence-electron chi connectivity index (χ4n) is 1.22. The fourth-order valence-corrected chi connectivity index (χ4v) is 1.45. The van der Waals surface area contributed by atoms with Crippen LogP contribution in [-0.2, 0) is 11.8 Å². The second-order valence-electron chi connectivity index (χ2n) is 2.99. The van der Waals surface area contributed by atoms with Crippen molar-refractivity contribution in [2.24, 2.45) is 7.05 Å². The molecular weight excluding hydrogens is 234 g/mol. The topological polar surface area (TPSA) is 70.2 Å². The van der Waals surface area contributed by atoms with Gasteiger partial charge in [-0.1, -0.05) is 11.6 Å². The maximum Gasteiger partial charge on any atom is 0.374 e. The second kappa shape index (κ2) is 3.97. The van der Waals surface area contributed by atoms with Crippen molar-refractivity contribution in [1.29, 1.82) is 0 Å². The number of nitrogens with zero attached hydrogens (tertiary/aromatic N) is 3. The molecule has 0 radical (unpaired) electrons. The Morgan fingerprint density at radius 2 is 2.38 bits per heavy atom. The van der Waals surface area contributed by atoms with Crippen LogP contribution in [0, 0.1) is 0 Å². The Labute approximate surface area is 95.8 Å². The van der Waals surface area contributed by atoms with Gasteiger partial charge in [0.05, 0.1) is 12.1 Å². The highest BCUT2D eigenvalue weighted by atomic mass is 35.5. The van der Waals surface area contributed by atoms with Crippen molar-refractivity contribution in [3.8, 4) is 11.6 Å². The molecule has 2 aromatic heterocycles. The molecule has 0 aliphatic rings. The summed E-state index contributed by atoms with van der Waals surface area (Å²) < 4.78 is 11.3. The van der Waals surface area contributed by atoms with E-state index in [0.29, 0.717) is 11.6 Å². The lowest BCUT2D eigenvalue weighted by molar-refractivity contribution is 0.0566. The zero-order valence-electron chi connectivity index (χ0n) is 8.60. The van der Waals surface area contributed by atoms with Crippen molar-refractivity contribution in [2.45, 2.75) is 0 Å². The van der Waals surface area contributed by atoms with E-state index in [4.69, 9.17) is 16.0 Å². The maximum atomic E-state index is 11.2. The number of carbonyl (C=O) groups excluding carboxylic acids is 1. The Morgan fingerprint density at radius 1 is 1.62 bits per heavy atom. The maximum absolute atomic E-state index is 11.2. The van der Waals surface area contributed by atoms with E-state index in [1.165, 1.54) is 24.2 Å². The minimum Gasteiger partial charge on any atom is -0.463 e. The molecule has 0 spiro atoms. The van der Waals surface area contributed by atoms with Crippen LogP contribution in [0.25, 0.3) is 11.6 Å². The third kappa shape index (κ3) is 1.67. The normalized spacial score (nSPS) is 10.4. The third-order valence-electron chi connectivity index (χ3n) is 1.99. The van der Waals surface area contributed by atoms with Gasteiger partial charge in [-0.3, -0.25) is 0 Å². The van der Waals surface area contributed by atoms with E-state index < -0.39 is 5.97 Å². The standard InChI is InChI=1S/C9H8ClN3O3/c1-13-8(11-4-12-13)7-5(10)3-6(16-7)9(14)15-2/h3-4H,1-2H3. The summed E-state index contributed by atoms with van der Waals surface area (Å²) in [4.78, 5) is 15.2. The zero-order chi connectivity index (χ0) is 11.7. The molecule has 2 rings (SSSR count). The number of halogens is 1. The first-order chi connectivity index (χ1) is 7.63. The number of hydrogen-bond donors (Lipinski definition) is 0. The van der Waals surface area contributed by atoms with Gasteiger partial charge in [-0.05, 0) is 0 Å². The van der Waals surface area contributed by atoms with Gasteiger partial charge in [-0.15, -0.1) is 0 Å². The molecule has 0 saturated heterocycles. The Hall–Kier alpha value is -1.82. The van der Waals surface area contributed by atoms with Gasteiger partial charge < -0.3 is 9.15 Å². The first-order valence-corrected chi connectivity index (χ1v) is 4.73. The van der Waals surface area contributed by atoms with Crippen molar-refractivity contribution < 1.29 is 13.9 Å². The van der Waals surface area contributed by atoms with Crippen LogP contribution in [0.5, 0.6) is 0 Å². The molecule has 84 valence electrons. The Bertz CT molecular complexity index is 532. The summed E-state index contributed by atoms with van der Waals surface area (Å²) in [5, 5.41) is 4.17. The van der Waals surface area contributed by atoms with Crippen LogP contribution in [0.15, 0.2) is 16.8 Å². The lowest BCUT2D eigenvalue weighted by Crippen LogP contribution is -1.98. The number of aryl methyl sites for hydroxylation is 1. The average Bonchev–Trinajstić information content (AvgIpc) is 2.83. The van der Waals surface area contributed by atoms with Gasteiger partial charge in [0.25, 0.3) is 0 Å². The van der Waals surface area contributed by atoms with Crippen LogP contribution < -0.4 is 0 Å². The van der Waals surface area contributed by atoms with E-state index in [-0.39, 0.29) is 10.8 Å². The van der Waals surface area contributed by atoms with Crippen molar-refractivity contribution in [3.63, 3.8) is 0 Å². The van der Waals surface area contributed by atoms with Gasteiger partial charge in [0.15, 0.2) is 11.6 Å². The second-order valence-corrected chi connectivity index (χ2v) is 3.39. The number of furan rings is 1. The van der Waals surface area contributed by atoms with E-state index >= 15 is 0 Å². The van der Waals surface area contributed by atoms with Crippen molar-refractivity contribution in [2.75, 3.05) is 7.11 Å². The largest absolute Gasteiger partial charge is 0.463 e. The molecule has 16 heavy (non-hydrogen) atoms. The molecule has 0 atom stereocenters. The zero-order valence-corrected chi connectivity index (χ0v) is 9.35. The molecule has 0 amide bonds. The molecule has 0 bridgehead atoms. The number of ether oxygens (including phenoxy) is 1. The summed E-state index contributed by atoms with van der Waals surface area (Å²) in [7, 11) is 2.96. The van der Waals surface area contributed by atoms with E-state index in [1.54, 1.807) is 7.05 Å². The summed E-state index contributed by atoms with van der Waals surface area (Å²) in [5.41, 5.74) is 0. The highest BCUT2D eigenvalue weighted by molar-refractivity contribution is 6.33. The van der Waals surface area contributed by atoms with Crippen molar-refractivity contribution in [1.82, 2.24) is 14.8 Å². The number of methoxy groups -OCH3 is 1. The van der Waals surface area contributed by atoms with Gasteiger partial charge >= 0.3 is 5.97 Å². The summed E-state index contributed by atoms with van der Waals surface area (Å²) in [6.07, 6.45) is 1.37. The van der Waals surface area contributed by atoms with Gasteiger partial charge in [-0.2, -0.15) is 5.10 Å². The van der Waals surface area contributed by atoms with Gasteiger partial charge in [0, 0.05) is 13.1 Å². The van der Waals surface area contributed by atoms with Crippen molar-refractivity contribution >= 4 is 17.6 Å². The SMILES string of the molecule is COC(=O)c1cc(Cl)c(-c2ncnn2C)o1. The molecular formula is C9H8ClN3O3. The highest BCUT2D eigenvalue weighted by Gasteiger charge is 2.19. The van der Waals surface area contributed by atoms with Crippen LogP contribution in [-0.4, -0.2) is 27.8 Å². The van der Waals surface area contributed by atoms with Crippen LogP contribution in [0.3, 0.4) is 0 Å². The van der Waals surface area contributed by atoms with Crippen LogP contribution in [0.1, 0.15) is 10.6 Å². The van der Waals surface area contributed by atoms with Gasteiger partial charge in [-0.25, -0.2) is 14.5 Å². The van der Waals surface area contributed by atoms with E-state index in [9.17, 15) is 4.79 Å². The summed E-state index contributed by atoms with van der Waals surface area (Å²) in [5.74, 6) is 0.183.